The molecule has 0 saturated carbocycles. The fourth-order valence-electron chi connectivity index (χ4n) is 7.46. The predicted molar refractivity (Wildman–Crippen MR) is 200 cm³/mol. The third-order valence-corrected chi connectivity index (χ3v) is 9.61. The van der Waals surface area contributed by atoms with Gasteiger partial charge in [0.15, 0.2) is 0 Å². The summed E-state index contributed by atoms with van der Waals surface area (Å²) in [6.45, 7) is 0. The maximum Gasteiger partial charge on any atom is 0.102 e. The van der Waals surface area contributed by atoms with Crippen LogP contribution in [0.1, 0.15) is 16.7 Å². The van der Waals surface area contributed by atoms with Crippen LogP contribution in [0.2, 0.25) is 0 Å². The lowest BCUT2D eigenvalue weighted by molar-refractivity contribution is 1.16. The standard InChI is InChI=1S/C45H25N5/c46-26-29-20-21-44-38(22-29)36-15-4-8-19-43(36)49(44)40-16-5-1-12-33(40)31-10-9-11-32(25-31)37-23-30(27-47)24-45(39(37)28-48)50-41-17-6-2-13-34(41)35-14-3-7-18-42(35)50/h1-25H. The Balaban J connectivity index is 1.27. The Hall–Kier alpha value is -7.39. The number of aromatic nitrogens is 2. The van der Waals surface area contributed by atoms with Crippen molar-refractivity contribution in [2.24, 2.45) is 0 Å². The van der Waals surface area contributed by atoms with Crippen LogP contribution in [-0.4, -0.2) is 9.13 Å². The lowest BCUT2D eigenvalue weighted by atomic mass is 9.93. The molecule has 9 aromatic rings. The molecule has 0 saturated heterocycles. The molecule has 5 nitrogen and oxygen atoms in total. The molecule has 230 valence electrons. The quantitative estimate of drug-likeness (QED) is 0.193. The first-order valence-electron chi connectivity index (χ1n) is 16.3. The van der Waals surface area contributed by atoms with E-state index in [9.17, 15) is 15.8 Å². The Morgan fingerprint density at radius 1 is 0.360 bits per heavy atom. The van der Waals surface area contributed by atoms with Crippen LogP contribution in [0.5, 0.6) is 0 Å². The number of nitrogens with zero attached hydrogens (tertiary/aromatic N) is 5. The molecular weight excluding hydrogens is 611 g/mol. The summed E-state index contributed by atoms with van der Waals surface area (Å²) in [6.07, 6.45) is 0. The molecule has 0 aliphatic rings. The summed E-state index contributed by atoms with van der Waals surface area (Å²) in [4.78, 5) is 0. The average Bonchev–Trinajstić information content (AvgIpc) is 3.70. The highest BCUT2D eigenvalue weighted by molar-refractivity contribution is 6.11. The van der Waals surface area contributed by atoms with E-state index in [-0.39, 0.29) is 0 Å². The monoisotopic (exact) mass is 635 g/mol. The first kappa shape index (κ1) is 28.8. The zero-order valence-electron chi connectivity index (χ0n) is 26.7. The molecule has 0 N–H and O–H groups in total. The topological polar surface area (TPSA) is 81.2 Å². The van der Waals surface area contributed by atoms with E-state index in [1.807, 2.05) is 91.0 Å². The van der Waals surface area contributed by atoms with Gasteiger partial charge in [-0.05, 0) is 71.8 Å². The molecule has 0 amide bonds. The second-order valence-electron chi connectivity index (χ2n) is 12.3. The van der Waals surface area contributed by atoms with E-state index in [2.05, 4.69) is 88.0 Å². The number of nitriles is 3. The van der Waals surface area contributed by atoms with Gasteiger partial charge in [-0.2, -0.15) is 15.8 Å². The van der Waals surface area contributed by atoms with Crippen LogP contribution in [0.15, 0.2) is 152 Å². The van der Waals surface area contributed by atoms with Crippen molar-refractivity contribution >= 4 is 43.6 Å². The van der Waals surface area contributed by atoms with Crippen molar-refractivity contribution in [3.05, 3.63) is 168 Å². The highest BCUT2D eigenvalue weighted by atomic mass is 15.0. The molecular formula is C45H25N5. The minimum Gasteiger partial charge on any atom is -0.309 e. The molecule has 50 heavy (non-hydrogen) atoms. The average molecular weight is 636 g/mol. The maximum atomic E-state index is 10.8. The molecule has 7 aromatic carbocycles. The minimum absolute atomic E-state index is 0.476. The van der Waals surface area contributed by atoms with Gasteiger partial charge in [0.05, 0.1) is 62.3 Å². The summed E-state index contributed by atoms with van der Waals surface area (Å²) >= 11 is 0. The van der Waals surface area contributed by atoms with E-state index in [0.29, 0.717) is 27.9 Å². The Bertz CT molecular complexity index is 2920. The molecule has 2 aromatic heterocycles. The Kier molecular flexibility index (Phi) is 6.56. The Labute approximate surface area is 287 Å². The van der Waals surface area contributed by atoms with Crippen molar-refractivity contribution in [3.8, 4) is 51.8 Å². The zero-order valence-corrected chi connectivity index (χ0v) is 26.7. The van der Waals surface area contributed by atoms with Crippen LogP contribution in [-0.2, 0) is 0 Å². The van der Waals surface area contributed by atoms with Gasteiger partial charge in [-0.3, -0.25) is 0 Å². The first-order chi connectivity index (χ1) is 24.7. The molecule has 0 bridgehead atoms. The summed E-state index contributed by atoms with van der Waals surface area (Å²) < 4.78 is 4.36. The molecule has 5 heteroatoms. The van der Waals surface area contributed by atoms with Crippen molar-refractivity contribution < 1.29 is 0 Å². The fourth-order valence-corrected chi connectivity index (χ4v) is 7.46. The van der Waals surface area contributed by atoms with Crippen LogP contribution in [0.25, 0.3) is 77.2 Å². The zero-order chi connectivity index (χ0) is 33.8. The number of hydrogen-bond donors (Lipinski definition) is 0. The van der Waals surface area contributed by atoms with Crippen LogP contribution < -0.4 is 0 Å². The summed E-state index contributed by atoms with van der Waals surface area (Å²) in [6, 6.07) is 57.7. The second-order valence-corrected chi connectivity index (χ2v) is 12.3. The van der Waals surface area contributed by atoms with Crippen molar-refractivity contribution in [2.75, 3.05) is 0 Å². The van der Waals surface area contributed by atoms with E-state index in [1.54, 1.807) is 0 Å². The lowest BCUT2D eigenvalue weighted by Gasteiger charge is -2.17. The molecule has 0 fully saturated rings. The molecule has 0 aliphatic heterocycles. The number of hydrogen-bond acceptors (Lipinski definition) is 3. The SMILES string of the molecule is N#Cc1cc(-c2cccc(-c3ccccc3-n3c4ccccc4c4cc(C#N)ccc43)c2)c(C#N)c(-n2c3ccccc3c3ccccc32)c1. The molecule has 2 heterocycles. The third kappa shape index (κ3) is 4.31. The number of para-hydroxylation sites is 4. The van der Waals surface area contributed by atoms with E-state index < -0.39 is 0 Å². The van der Waals surface area contributed by atoms with Gasteiger partial charge in [0, 0.05) is 32.7 Å². The van der Waals surface area contributed by atoms with Gasteiger partial charge in [0.1, 0.15) is 6.07 Å². The van der Waals surface area contributed by atoms with Gasteiger partial charge in [-0.15, -0.1) is 0 Å². The van der Waals surface area contributed by atoms with E-state index in [4.69, 9.17) is 0 Å². The summed E-state index contributed by atoms with van der Waals surface area (Å²) in [7, 11) is 0. The number of fused-ring (bicyclic) bond motifs is 6. The minimum atomic E-state index is 0.476. The van der Waals surface area contributed by atoms with Crippen LogP contribution in [0.3, 0.4) is 0 Å². The summed E-state index contributed by atoms with van der Waals surface area (Å²) in [5, 5.41) is 34.9. The summed E-state index contributed by atoms with van der Waals surface area (Å²) in [5.41, 5.74) is 10.8. The predicted octanol–water partition coefficient (Wildman–Crippen LogP) is 10.8. The maximum absolute atomic E-state index is 10.8. The highest BCUT2D eigenvalue weighted by Gasteiger charge is 2.20. The largest absolute Gasteiger partial charge is 0.309 e. The molecule has 0 spiro atoms. The lowest BCUT2D eigenvalue weighted by Crippen LogP contribution is -2.01. The molecule has 0 atom stereocenters. The Morgan fingerprint density at radius 2 is 0.900 bits per heavy atom. The van der Waals surface area contributed by atoms with Gasteiger partial charge in [0.2, 0.25) is 0 Å². The fraction of sp³-hybridized carbons (Fsp3) is 0. The van der Waals surface area contributed by atoms with Crippen molar-refractivity contribution in [1.82, 2.24) is 9.13 Å². The van der Waals surface area contributed by atoms with Crippen LogP contribution in [0.4, 0.5) is 0 Å². The van der Waals surface area contributed by atoms with Crippen molar-refractivity contribution in [3.63, 3.8) is 0 Å². The van der Waals surface area contributed by atoms with Crippen LogP contribution in [0, 0.1) is 34.0 Å². The van der Waals surface area contributed by atoms with Gasteiger partial charge in [-0.25, -0.2) is 0 Å². The van der Waals surface area contributed by atoms with Gasteiger partial charge >= 0.3 is 0 Å². The van der Waals surface area contributed by atoms with Gasteiger partial charge < -0.3 is 9.13 Å². The smallest absolute Gasteiger partial charge is 0.102 e. The number of benzene rings is 7. The third-order valence-electron chi connectivity index (χ3n) is 9.61. The van der Waals surface area contributed by atoms with E-state index >= 15 is 0 Å². The number of rotatable bonds is 4. The van der Waals surface area contributed by atoms with Crippen molar-refractivity contribution in [2.45, 2.75) is 0 Å². The highest BCUT2D eigenvalue weighted by Crippen LogP contribution is 2.40. The van der Waals surface area contributed by atoms with Gasteiger partial charge in [-0.1, -0.05) is 91.0 Å². The summed E-state index contributed by atoms with van der Waals surface area (Å²) in [5.74, 6) is 0. The molecule has 9 rings (SSSR count). The first-order valence-corrected chi connectivity index (χ1v) is 16.3. The molecule has 0 unspecified atom stereocenters. The normalized spacial score (nSPS) is 11.1. The molecule has 0 aliphatic carbocycles. The van der Waals surface area contributed by atoms with Gasteiger partial charge in [0.25, 0.3) is 0 Å². The van der Waals surface area contributed by atoms with E-state index in [0.717, 1.165) is 66.0 Å². The second kappa shape index (κ2) is 11.4. The van der Waals surface area contributed by atoms with Crippen LogP contribution >= 0.6 is 0 Å². The molecule has 0 radical (unpaired) electrons. The van der Waals surface area contributed by atoms with E-state index in [1.165, 1.54) is 0 Å². The Morgan fingerprint density at radius 3 is 1.54 bits per heavy atom. The van der Waals surface area contributed by atoms with Crippen molar-refractivity contribution in [1.29, 1.82) is 15.8 Å².